The van der Waals surface area contributed by atoms with Crippen LogP contribution in [0.3, 0.4) is 0 Å². The molecule has 0 aliphatic rings. The van der Waals surface area contributed by atoms with Crippen LogP contribution in [0.2, 0.25) is 0 Å². The summed E-state index contributed by atoms with van der Waals surface area (Å²) in [7, 11) is 4.18. The number of nitrogens with one attached hydrogen (secondary N) is 1. The van der Waals surface area contributed by atoms with E-state index in [-0.39, 0.29) is 11.3 Å². The molecule has 0 aliphatic carbocycles. The molecule has 0 bridgehead atoms. The topological polar surface area (TPSA) is 95.4 Å². The van der Waals surface area contributed by atoms with E-state index in [1.54, 1.807) is 19.2 Å². The number of para-hydroxylation sites is 1. The summed E-state index contributed by atoms with van der Waals surface area (Å²) in [4.78, 5) is 29.5. The van der Waals surface area contributed by atoms with Crippen molar-refractivity contribution in [2.24, 2.45) is 0 Å². The molecule has 0 saturated heterocycles. The van der Waals surface area contributed by atoms with Crippen molar-refractivity contribution in [3.8, 4) is 22.7 Å². The number of hydrogen-bond donors (Lipinski definition) is 1. The highest BCUT2D eigenvalue weighted by Gasteiger charge is 2.32. The fourth-order valence-electron chi connectivity index (χ4n) is 4.70. The number of ether oxygens (including phenoxy) is 3. The van der Waals surface area contributed by atoms with Crippen molar-refractivity contribution >= 4 is 33.7 Å². The molecule has 0 atom stereocenters. The van der Waals surface area contributed by atoms with Gasteiger partial charge in [-0.1, -0.05) is 18.2 Å². The van der Waals surface area contributed by atoms with E-state index >= 15 is 0 Å². The number of H-pyrrole nitrogens is 1. The average Bonchev–Trinajstić information content (AvgIpc) is 3.50. The van der Waals surface area contributed by atoms with Crippen LogP contribution >= 0.6 is 0 Å². The van der Waals surface area contributed by atoms with Crippen LogP contribution < -0.4 is 4.74 Å². The number of nitrogens with zero attached hydrogens (tertiary/aromatic N) is 2. The van der Waals surface area contributed by atoms with Crippen LogP contribution in [0.15, 0.2) is 54.6 Å². The van der Waals surface area contributed by atoms with Gasteiger partial charge in [-0.05, 0) is 61.4 Å². The van der Waals surface area contributed by atoms with Gasteiger partial charge in [0.1, 0.15) is 17.0 Å². The first kappa shape index (κ1) is 23.2. The lowest BCUT2D eigenvalue weighted by Crippen LogP contribution is -2.15. The largest absolute Gasteiger partial charge is 0.497 e. The molecule has 0 saturated carbocycles. The number of rotatable bonds is 5. The molecule has 2 aromatic heterocycles. The second-order valence-electron chi connectivity index (χ2n) is 8.46. The Balaban J connectivity index is 1.89. The second-order valence-corrected chi connectivity index (χ2v) is 8.46. The Hall–Kier alpha value is -4.59. The molecule has 5 aromatic rings. The van der Waals surface area contributed by atoms with E-state index in [4.69, 9.17) is 19.3 Å². The fraction of sp³-hybridized carbons (Fsp3) is 0.179. The van der Waals surface area contributed by atoms with Crippen LogP contribution in [0.5, 0.6) is 5.75 Å². The highest BCUT2D eigenvalue weighted by atomic mass is 16.5. The molecule has 8 heteroatoms. The van der Waals surface area contributed by atoms with Crippen molar-refractivity contribution in [1.82, 2.24) is 14.8 Å². The van der Waals surface area contributed by atoms with Crippen molar-refractivity contribution < 1.29 is 23.8 Å². The average molecular weight is 484 g/mol. The lowest BCUT2D eigenvalue weighted by Gasteiger charge is -2.10. The number of benzene rings is 3. The molecule has 5 rings (SSSR count). The van der Waals surface area contributed by atoms with E-state index in [1.165, 1.54) is 18.9 Å². The predicted octanol–water partition coefficient (Wildman–Crippen LogP) is 5.37. The summed E-state index contributed by atoms with van der Waals surface area (Å²) in [5, 5.41) is 6.75. The highest BCUT2D eigenvalue weighted by Crippen LogP contribution is 2.39. The molecule has 0 aliphatic heterocycles. The molecule has 36 heavy (non-hydrogen) atoms. The van der Waals surface area contributed by atoms with Gasteiger partial charge in [0.15, 0.2) is 5.69 Å². The number of fused-ring (bicyclic) bond motifs is 3. The zero-order valence-corrected chi connectivity index (χ0v) is 20.6. The maximum Gasteiger partial charge on any atom is 0.357 e. The first-order valence-corrected chi connectivity index (χ1v) is 11.3. The van der Waals surface area contributed by atoms with Crippen LogP contribution in [0, 0.1) is 13.8 Å². The lowest BCUT2D eigenvalue weighted by atomic mass is 9.94. The molecule has 2 heterocycles. The number of carbonyl (C=O) groups is 2. The van der Waals surface area contributed by atoms with Crippen molar-refractivity contribution in [2.75, 3.05) is 21.3 Å². The minimum Gasteiger partial charge on any atom is -0.497 e. The molecule has 8 nitrogen and oxygen atoms in total. The van der Waals surface area contributed by atoms with E-state index in [9.17, 15) is 9.59 Å². The molecule has 3 aromatic carbocycles. The minimum absolute atomic E-state index is 0.00305. The number of aromatic amines is 1. The number of hydrogen-bond acceptors (Lipinski definition) is 6. The Kier molecular flexibility index (Phi) is 5.72. The van der Waals surface area contributed by atoms with Gasteiger partial charge in [-0.3, -0.25) is 0 Å². The van der Waals surface area contributed by atoms with Crippen LogP contribution in [0.4, 0.5) is 0 Å². The van der Waals surface area contributed by atoms with Gasteiger partial charge >= 0.3 is 11.9 Å². The van der Waals surface area contributed by atoms with E-state index in [0.717, 1.165) is 38.7 Å². The number of esters is 2. The summed E-state index contributed by atoms with van der Waals surface area (Å²) in [6, 6.07) is 17.0. The normalized spacial score (nSPS) is 11.1. The monoisotopic (exact) mass is 483 g/mol. The Morgan fingerprint density at radius 1 is 0.917 bits per heavy atom. The summed E-state index contributed by atoms with van der Waals surface area (Å²) < 4.78 is 17.0. The number of carbonyl (C=O) groups excluding carboxylic acids is 2. The smallest absolute Gasteiger partial charge is 0.357 e. The van der Waals surface area contributed by atoms with Crippen molar-refractivity contribution in [3.05, 3.63) is 77.0 Å². The molecule has 0 amide bonds. The SMILES string of the molecule is COC(=O)c1c(-c2cc(C)c3[nH]c4ccc(OC)cc4c3c2C)nn(-c2ccccc2)c1C(=O)OC. The zero-order chi connectivity index (χ0) is 25.6. The molecule has 1 N–H and O–H groups in total. The van der Waals surface area contributed by atoms with Gasteiger partial charge in [-0.25, -0.2) is 14.3 Å². The van der Waals surface area contributed by atoms with Gasteiger partial charge in [0.05, 0.1) is 27.0 Å². The van der Waals surface area contributed by atoms with E-state index in [0.29, 0.717) is 16.9 Å². The maximum absolute atomic E-state index is 13.1. The quantitative estimate of drug-likeness (QED) is 0.338. The second kappa shape index (κ2) is 8.88. The number of aromatic nitrogens is 3. The number of methoxy groups -OCH3 is 3. The van der Waals surface area contributed by atoms with Crippen LogP contribution in [0.1, 0.15) is 32.0 Å². The van der Waals surface area contributed by atoms with Gasteiger partial charge in [-0.2, -0.15) is 5.10 Å². The highest BCUT2D eigenvalue weighted by molar-refractivity contribution is 6.13. The Labute approximate surface area is 207 Å². The third kappa shape index (κ3) is 3.50. The third-order valence-electron chi connectivity index (χ3n) is 6.45. The standard InChI is InChI=1S/C28H25N3O5/c1-15-13-19(16(2)22-20-14-18(34-3)11-12-21(20)29-24(15)22)25-23(27(32)35-4)26(28(33)36-5)31(30-25)17-9-7-6-8-10-17/h6-14,29H,1-5H3. The minimum atomic E-state index is -0.690. The Bertz CT molecular complexity index is 1650. The summed E-state index contributed by atoms with van der Waals surface area (Å²) in [6.07, 6.45) is 0. The number of aryl methyl sites for hydroxylation is 2. The summed E-state index contributed by atoms with van der Waals surface area (Å²) in [5.41, 5.74) is 5.52. The molecular formula is C28H25N3O5. The third-order valence-corrected chi connectivity index (χ3v) is 6.45. The van der Waals surface area contributed by atoms with E-state index < -0.39 is 11.9 Å². The van der Waals surface area contributed by atoms with Gasteiger partial charge in [0, 0.05) is 27.4 Å². The zero-order valence-electron chi connectivity index (χ0n) is 20.6. The van der Waals surface area contributed by atoms with Gasteiger partial charge < -0.3 is 19.2 Å². The maximum atomic E-state index is 13.1. The predicted molar refractivity (Wildman–Crippen MR) is 137 cm³/mol. The van der Waals surface area contributed by atoms with Crippen molar-refractivity contribution in [3.63, 3.8) is 0 Å². The van der Waals surface area contributed by atoms with Crippen molar-refractivity contribution in [1.29, 1.82) is 0 Å². The van der Waals surface area contributed by atoms with Crippen LogP contribution in [-0.4, -0.2) is 48.0 Å². The molecule has 0 fully saturated rings. The summed E-state index contributed by atoms with van der Waals surface area (Å²) in [6.45, 7) is 3.97. The summed E-state index contributed by atoms with van der Waals surface area (Å²) in [5.74, 6) is -0.627. The Morgan fingerprint density at radius 2 is 1.64 bits per heavy atom. The van der Waals surface area contributed by atoms with Gasteiger partial charge in [0.2, 0.25) is 0 Å². The Morgan fingerprint density at radius 3 is 2.31 bits per heavy atom. The lowest BCUT2D eigenvalue weighted by molar-refractivity contribution is 0.0549. The van der Waals surface area contributed by atoms with Crippen molar-refractivity contribution in [2.45, 2.75) is 13.8 Å². The van der Waals surface area contributed by atoms with E-state index in [2.05, 4.69) is 4.98 Å². The van der Waals surface area contributed by atoms with Gasteiger partial charge in [0.25, 0.3) is 0 Å². The molecule has 0 radical (unpaired) electrons. The molecular weight excluding hydrogens is 458 g/mol. The van der Waals surface area contributed by atoms with Crippen LogP contribution in [0.25, 0.3) is 38.8 Å². The van der Waals surface area contributed by atoms with Gasteiger partial charge in [-0.15, -0.1) is 0 Å². The van der Waals surface area contributed by atoms with Crippen LogP contribution in [-0.2, 0) is 9.47 Å². The molecule has 0 spiro atoms. The molecule has 182 valence electrons. The van der Waals surface area contributed by atoms with E-state index in [1.807, 2.05) is 56.3 Å². The fourth-order valence-corrected chi connectivity index (χ4v) is 4.70. The first-order chi connectivity index (χ1) is 17.4. The molecule has 0 unspecified atom stereocenters. The summed E-state index contributed by atoms with van der Waals surface area (Å²) >= 11 is 0. The first-order valence-electron chi connectivity index (χ1n) is 11.3.